The zero-order chi connectivity index (χ0) is 15.2. The number of aryl methyl sites for hydroxylation is 1. The lowest BCUT2D eigenvalue weighted by atomic mass is 10.1. The van der Waals surface area contributed by atoms with Gasteiger partial charge in [-0.25, -0.2) is 4.39 Å². The van der Waals surface area contributed by atoms with Crippen LogP contribution < -0.4 is 5.32 Å². The average molecular weight is 293 g/mol. The molecule has 2 rings (SSSR count). The van der Waals surface area contributed by atoms with Gasteiger partial charge in [0.2, 0.25) is 5.91 Å². The zero-order valence-corrected chi connectivity index (χ0v) is 12.8. The largest absolute Gasteiger partial charge is 0.354 e. The van der Waals surface area contributed by atoms with Crippen molar-refractivity contribution < 1.29 is 9.18 Å². The number of hydrogen-bond acceptors (Lipinski definition) is 3. The van der Waals surface area contributed by atoms with Gasteiger partial charge in [0.25, 0.3) is 0 Å². The standard InChI is InChI=1S/C16H24FN3O/c1-19-9-10-20(2)15(12-19)11-18-16(21)8-5-13-3-6-14(17)7-4-13/h3-4,6-7,15H,5,8-12H2,1-2H3,(H,18,21). The van der Waals surface area contributed by atoms with Crippen molar-refractivity contribution in [1.29, 1.82) is 0 Å². The highest BCUT2D eigenvalue weighted by atomic mass is 19.1. The molecule has 1 unspecified atom stereocenters. The third kappa shape index (κ3) is 5.10. The summed E-state index contributed by atoms with van der Waals surface area (Å²) in [5, 5.41) is 3.00. The Hall–Kier alpha value is -1.46. The molecular weight excluding hydrogens is 269 g/mol. The second kappa shape index (κ2) is 7.52. The molecule has 1 saturated heterocycles. The maximum Gasteiger partial charge on any atom is 0.220 e. The SMILES string of the molecule is CN1CCN(C)C(CNC(=O)CCc2ccc(F)cc2)C1. The van der Waals surface area contributed by atoms with Crippen molar-refractivity contribution in [3.63, 3.8) is 0 Å². The van der Waals surface area contributed by atoms with E-state index in [2.05, 4.69) is 29.2 Å². The molecule has 116 valence electrons. The zero-order valence-electron chi connectivity index (χ0n) is 12.8. The molecule has 0 aliphatic carbocycles. The van der Waals surface area contributed by atoms with Gasteiger partial charge in [0.15, 0.2) is 0 Å². The predicted molar refractivity (Wildman–Crippen MR) is 81.6 cm³/mol. The second-order valence-electron chi connectivity index (χ2n) is 5.83. The fourth-order valence-corrected chi connectivity index (χ4v) is 2.55. The van der Waals surface area contributed by atoms with E-state index in [4.69, 9.17) is 0 Å². The van der Waals surface area contributed by atoms with E-state index in [1.54, 1.807) is 12.1 Å². The van der Waals surface area contributed by atoms with Crippen molar-refractivity contribution in [2.24, 2.45) is 0 Å². The van der Waals surface area contributed by atoms with Crippen molar-refractivity contribution in [3.8, 4) is 0 Å². The van der Waals surface area contributed by atoms with Gasteiger partial charge >= 0.3 is 0 Å². The highest BCUT2D eigenvalue weighted by molar-refractivity contribution is 5.76. The Morgan fingerprint density at radius 2 is 2.00 bits per heavy atom. The number of carbonyl (C=O) groups excluding carboxylic acids is 1. The third-order valence-corrected chi connectivity index (χ3v) is 4.07. The van der Waals surface area contributed by atoms with Crippen LogP contribution in [0.5, 0.6) is 0 Å². The molecule has 0 aromatic heterocycles. The number of piperazine rings is 1. The summed E-state index contributed by atoms with van der Waals surface area (Å²) in [6.07, 6.45) is 1.09. The Morgan fingerprint density at radius 3 is 2.71 bits per heavy atom. The number of amides is 1. The Balaban J connectivity index is 1.70. The summed E-state index contributed by atoms with van der Waals surface area (Å²) >= 11 is 0. The van der Waals surface area contributed by atoms with Crippen molar-refractivity contribution in [3.05, 3.63) is 35.6 Å². The van der Waals surface area contributed by atoms with E-state index in [-0.39, 0.29) is 11.7 Å². The Kier molecular flexibility index (Phi) is 5.70. The van der Waals surface area contributed by atoms with Crippen molar-refractivity contribution in [2.75, 3.05) is 40.3 Å². The van der Waals surface area contributed by atoms with Crippen LogP contribution in [-0.2, 0) is 11.2 Å². The van der Waals surface area contributed by atoms with Crippen LogP contribution >= 0.6 is 0 Å². The molecule has 0 saturated carbocycles. The number of benzene rings is 1. The molecule has 5 heteroatoms. The van der Waals surface area contributed by atoms with Gasteiger partial charge in [-0.1, -0.05) is 12.1 Å². The van der Waals surface area contributed by atoms with Gasteiger partial charge in [-0.3, -0.25) is 9.69 Å². The fraction of sp³-hybridized carbons (Fsp3) is 0.562. The van der Waals surface area contributed by atoms with Gasteiger partial charge in [-0.2, -0.15) is 0 Å². The number of hydrogen-bond donors (Lipinski definition) is 1. The van der Waals surface area contributed by atoms with Crippen LogP contribution in [-0.4, -0.2) is 62.0 Å². The number of carbonyl (C=O) groups is 1. The lowest BCUT2D eigenvalue weighted by Gasteiger charge is -2.37. The van der Waals surface area contributed by atoms with E-state index in [1.165, 1.54) is 12.1 Å². The predicted octanol–water partition coefficient (Wildman–Crippen LogP) is 1.12. The third-order valence-electron chi connectivity index (χ3n) is 4.07. The number of halogens is 1. The van der Waals surface area contributed by atoms with Gasteiger partial charge in [0.1, 0.15) is 5.82 Å². The Bertz CT molecular complexity index is 463. The molecule has 1 aromatic carbocycles. The first-order valence-corrected chi connectivity index (χ1v) is 7.44. The summed E-state index contributed by atoms with van der Waals surface area (Å²) in [5.74, 6) is -0.186. The number of rotatable bonds is 5. The molecule has 0 spiro atoms. The maximum atomic E-state index is 12.8. The van der Waals surface area contributed by atoms with Crippen LogP contribution in [0.2, 0.25) is 0 Å². The highest BCUT2D eigenvalue weighted by Crippen LogP contribution is 2.07. The van der Waals surface area contributed by atoms with Crippen molar-refractivity contribution in [1.82, 2.24) is 15.1 Å². The van der Waals surface area contributed by atoms with Crippen molar-refractivity contribution >= 4 is 5.91 Å². The molecule has 4 nitrogen and oxygen atoms in total. The molecule has 1 aromatic rings. The van der Waals surface area contributed by atoms with E-state index in [0.717, 1.165) is 25.2 Å². The lowest BCUT2D eigenvalue weighted by molar-refractivity contribution is -0.121. The number of nitrogens with zero attached hydrogens (tertiary/aromatic N) is 2. The van der Waals surface area contributed by atoms with Crippen LogP contribution in [0.4, 0.5) is 4.39 Å². The van der Waals surface area contributed by atoms with Gasteiger partial charge in [-0.05, 0) is 38.2 Å². The summed E-state index contributed by atoms with van der Waals surface area (Å²) in [6.45, 7) is 3.77. The van der Waals surface area contributed by atoms with Crippen LogP contribution in [0.1, 0.15) is 12.0 Å². The summed E-state index contributed by atoms with van der Waals surface area (Å²) in [4.78, 5) is 16.5. The molecule has 1 aliphatic rings. The maximum absolute atomic E-state index is 12.8. The van der Waals surface area contributed by atoms with Gasteiger partial charge in [0, 0.05) is 38.6 Å². The first-order valence-electron chi connectivity index (χ1n) is 7.44. The molecule has 1 heterocycles. The van der Waals surface area contributed by atoms with Gasteiger partial charge < -0.3 is 10.2 Å². The summed E-state index contributed by atoms with van der Waals surface area (Å²) < 4.78 is 12.8. The molecular formula is C16H24FN3O. The Morgan fingerprint density at radius 1 is 1.29 bits per heavy atom. The Labute approximate surface area is 125 Å². The van der Waals surface area contributed by atoms with E-state index in [9.17, 15) is 9.18 Å². The van der Waals surface area contributed by atoms with Crippen LogP contribution in [0, 0.1) is 5.82 Å². The first-order chi connectivity index (χ1) is 10.0. The first kappa shape index (κ1) is 15.9. The monoisotopic (exact) mass is 293 g/mol. The lowest BCUT2D eigenvalue weighted by Crippen LogP contribution is -2.54. The van der Waals surface area contributed by atoms with Gasteiger partial charge in [-0.15, -0.1) is 0 Å². The van der Waals surface area contributed by atoms with Crippen molar-refractivity contribution in [2.45, 2.75) is 18.9 Å². The van der Waals surface area contributed by atoms with E-state index < -0.39 is 0 Å². The summed E-state index contributed by atoms with van der Waals surface area (Å²) in [5.41, 5.74) is 0.987. The number of nitrogens with one attached hydrogen (secondary N) is 1. The summed E-state index contributed by atoms with van der Waals surface area (Å²) in [6, 6.07) is 6.69. The molecule has 0 bridgehead atoms. The fourth-order valence-electron chi connectivity index (χ4n) is 2.55. The molecule has 21 heavy (non-hydrogen) atoms. The minimum Gasteiger partial charge on any atom is -0.354 e. The van der Waals surface area contributed by atoms with Crippen LogP contribution in [0.25, 0.3) is 0 Å². The summed E-state index contributed by atoms with van der Waals surface area (Å²) in [7, 11) is 4.21. The highest BCUT2D eigenvalue weighted by Gasteiger charge is 2.22. The van der Waals surface area contributed by atoms with E-state index in [0.29, 0.717) is 25.4 Å². The average Bonchev–Trinajstić information content (AvgIpc) is 2.47. The smallest absolute Gasteiger partial charge is 0.220 e. The van der Waals surface area contributed by atoms with Gasteiger partial charge in [0.05, 0.1) is 0 Å². The van der Waals surface area contributed by atoms with E-state index in [1.807, 2.05) is 0 Å². The van der Waals surface area contributed by atoms with E-state index >= 15 is 0 Å². The molecule has 1 atom stereocenters. The topological polar surface area (TPSA) is 35.6 Å². The van der Waals surface area contributed by atoms with Crippen LogP contribution in [0.15, 0.2) is 24.3 Å². The quantitative estimate of drug-likeness (QED) is 0.884. The second-order valence-corrected chi connectivity index (χ2v) is 5.83. The minimum absolute atomic E-state index is 0.0564. The minimum atomic E-state index is -0.243. The molecule has 1 fully saturated rings. The normalized spacial score (nSPS) is 20.4. The van der Waals surface area contributed by atoms with Crippen LogP contribution in [0.3, 0.4) is 0 Å². The molecule has 1 amide bonds. The molecule has 1 N–H and O–H groups in total. The molecule has 0 radical (unpaired) electrons. The number of likely N-dealkylation sites (N-methyl/N-ethyl adjacent to an activating group) is 2. The molecule has 1 aliphatic heterocycles.